The van der Waals surface area contributed by atoms with Crippen molar-refractivity contribution in [1.29, 1.82) is 0 Å². The zero-order valence-corrected chi connectivity index (χ0v) is 28.3. The molecule has 0 radical (unpaired) electrons. The van der Waals surface area contributed by atoms with E-state index < -0.39 is 5.54 Å². The normalized spacial score (nSPS) is 11.6. The number of rotatable bonds is 8. The fourth-order valence-electron chi connectivity index (χ4n) is 6.65. The highest BCUT2D eigenvalue weighted by molar-refractivity contribution is 7.17. The van der Waals surface area contributed by atoms with Crippen LogP contribution in [0.5, 0.6) is 0 Å². The molecular weight excluding hydrogens is 642 g/mol. The van der Waals surface area contributed by atoms with Crippen molar-refractivity contribution in [3.63, 3.8) is 0 Å². The van der Waals surface area contributed by atoms with Crippen LogP contribution in [0.1, 0.15) is 26.4 Å². The van der Waals surface area contributed by atoms with Gasteiger partial charge in [-0.2, -0.15) is 5.10 Å². The highest BCUT2D eigenvalue weighted by atomic mass is 32.1. The van der Waals surface area contributed by atoms with Crippen LogP contribution in [0.3, 0.4) is 0 Å². The number of pyridine rings is 1. The molecule has 0 atom stereocenters. The molecule has 4 heterocycles. The Balaban J connectivity index is 1.38. The summed E-state index contributed by atoms with van der Waals surface area (Å²) in [5.41, 5.74) is 7.25. The molecule has 0 N–H and O–H groups in total. The molecule has 0 unspecified atom stereocenters. The van der Waals surface area contributed by atoms with Crippen LogP contribution in [0.25, 0.3) is 38.6 Å². The van der Waals surface area contributed by atoms with Gasteiger partial charge >= 0.3 is 0 Å². The van der Waals surface area contributed by atoms with Crippen molar-refractivity contribution in [2.75, 3.05) is 14.1 Å². The average Bonchev–Trinajstić information content (AvgIpc) is 3.92. The minimum atomic E-state index is -0.840. The Morgan fingerprint density at radius 3 is 1.86 bits per heavy atom. The lowest BCUT2D eigenvalue weighted by Gasteiger charge is -2.36. The van der Waals surface area contributed by atoms with Gasteiger partial charge < -0.3 is 4.90 Å². The first-order chi connectivity index (χ1) is 24.4. The summed E-state index contributed by atoms with van der Waals surface area (Å²) in [7, 11) is 3.51. The summed E-state index contributed by atoms with van der Waals surface area (Å²) >= 11 is 1.44. The lowest BCUT2D eigenvalue weighted by molar-refractivity contribution is 0.0832. The number of halogens is 1. The van der Waals surface area contributed by atoms with Gasteiger partial charge in [-0.05, 0) is 65.2 Å². The first-order valence-corrected chi connectivity index (χ1v) is 17.1. The summed E-state index contributed by atoms with van der Waals surface area (Å²) in [6, 6.07) is 45.6. The summed E-state index contributed by atoms with van der Waals surface area (Å²) in [4.78, 5) is 20.6. The van der Waals surface area contributed by atoms with E-state index in [4.69, 9.17) is 5.10 Å². The molecule has 8 heteroatoms. The average molecular weight is 674 g/mol. The number of hydrogen-bond acceptors (Lipinski definition) is 4. The number of carbonyl (C=O) groups is 1. The number of nitrogens with zero attached hydrogens (tertiary/aromatic N) is 5. The zero-order chi connectivity index (χ0) is 34.2. The molecule has 8 rings (SSSR count). The number of hydrogen-bond donors (Lipinski definition) is 0. The Morgan fingerprint density at radius 2 is 1.28 bits per heavy atom. The van der Waals surface area contributed by atoms with E-state index >= 15 is 0 Å². The largest absolute Gasteiger partial charge is 0.344 e. The van der Waals surface area contributed by atoms with E-state index in [9.17, 15) is 9.18 Å². The molecule has 244 valence electrons. The van der Waals surface area contributed by atoms with E-state index in [1.807, 2.05) is 48.7 Å². The van der Waals surface area contributed by atoms with E-state index in [2.05, 4.69) is 99.3 Å². The fraction of sp³-hybridized carbons (Fsp3) is 0.0714. The van der Waals surface area contributed by atoms with Crippen molar-refractivity contribution >= 4 is 22.9 Å². The van der Waals surface area contributed by atoms with Crippen molar-refractivity contribution in [2.24, 2.45) is 0 Å². The molecule has 0 aliphatic carbocycles. The van der Waals surface area contributed by atoms with Crippen molar-refractivity contribution in [3.8, 4) is 33.0 Å². The first-order valence-electron chi connectivity index (χ1n) is 16.3. The number of aromatic nitrogens is 4. The summed E-state index contributed by atoms with van der Waals surface area (Å²) in [5, 5.41) is 5.40. The van der Waals surface area contributed by atoms with E-state index in [-0.39, 0.29) is 11.7 Å². The molecule has 0 saturated carbocycles. The Bertz CT molecular complexity index is 2330. The van der Waals surface area contributed by atoms with Crippen LogP contribution in [0.2, 0.25) is 0 Å². The van der Waals surface area contributed by atoms with Crippen molar-refractivity contribution in [1.82, 2.24) is 24.1 Å². The molecule has 1 amide bonds. The number of fused-ring (bicyclic) bond motifs is 1. The van der Waals surface area contributed by atoms with E-state index in [1.165, 1.54) is 23.5 Å². The fourth-order valence-corrected chi connectivity index (χ4v) is 7.68. The maximum Gasteiger partial charge on any atom is 0.263 e. The Hall–Kier alpha value is -6.12. The smallest absolute Gasteiger partial charge is 0.263 e. The first kappa shape index (κ1) is 31.2. The van der Waals surface area contributed by atoms with Crippen LogP contribution in [0.4, 0.5) is 4.39 Å². The van der Waals surface area contributed by atoms with E-state index in [1.54, 1.807) is 31.1 Å². The van der Waals surface area contributed by atoms with E-state index in [0.29, 0.717) is 10.6 Å². The van der Waals surface area contributed by atoms with Crippen LogP contribution < -0.4 is 0 Å². The molecule has 0 saturated heterocycles. The van der Waals surface area contributed by atoms with Crippen LogP contribution in [-0.4, -0.2) is 44.1 Å². The summed E-state index contributed by atoms with van der Waals surface area (Å²) in [5.74, 6) is -0.347. The van der Waals surface area contributed by atoms with Gasteiger partial charge in [-0.3, -0.25) is 13.9 Å². The van der Waals surface area contributed by atoms with Gasteiger partial charge in [0.2, 0.25) is 0 Å². The predicted molar refractivity (Wildman–Crippen MR) is 198 cm³/mol. The van der Waals surface area contributed by atoms with Crippen molar-refractivity contribution in [3.05, 3.63) is 186 Å². The maximum atomic E-state index is 14.3. The summed E-state index contributed by atoms with van der Waals surface area (Å²) < 4.78 is 18.4. The van der Waals surface area contributed by atoms with Crippen LogP contribution in [0, 0.1) is 5.82 Å². The molecule has 0 aliphatic heterocycles. The lowest BCUT2D eigenvalue weighted by Crippen LogP contribution is -2.38. The minimum Gasteiger partial charge on any atom is -0.344 e. The molecule has 0 spiro atoms. The zero-order valence-electron chi connectivity index (χ0n) is 27.4. The van der Waals surface area contributed by atoms with Gasteiger partial charge in [0, 0.05) is 43.2 Å². The molecule has 50 heavy (non-hydrogen) atoms. The number of carbonyl (C=O) groups excluding carboxylic acids is 1. The van der Waals surface area contributed by atoms with Gasteiger partial charge in [0.15, 0.2) is 0 Å². The second-order valence-electron chi connectivity index (χ2n) is 12.3. The van der Waals surface area contributed by atoms with E-state index in [0.717, 1.165) is 49.6 Å². The molecule has 4 aromatic carbocycles. The molecule has 0 fully saturated rings. The van der Waals surface area contributed by atoms with Gasteiger partial charge in [0.25, 0.3) is 5.91 Å². The Kier molecular flexibility index (Phi) is 7.93. The Labute approximate surface area is 293 Å². The topological polar surface area (TPSA) is 55.4 Å². The maximum absolute atomic E-state index is 14.3. The van der Waals surface area contributed by atoms with Gasteiger partial charge in [0.05, 0.1) is 21.6 Å². The SMILES string of the molecule is CN(C)C(=O)c1ccc(-c2cnc3ccc(-c4cn(C(c5ccccc5)(c5ccccc5)c5ccccc5)nc4-c4ccc(F)cc4)cn23)s1. The summed E-state index contributed by atoms with van der Waals surface area (Å²) in [6.07, 6.45) is 6.00. The van der Waals surface area contributed by atoms with Gasteiger partial charge in [-0.25, -0.2) is 9.37 Å². The van der Waals surface area contributed by atoms with Crippen LogP contribution >= 0.6 is 11.3 Å². The standard InChI is InChI=1S/C42H32FN5OS/c1-46(2)41(49)38-24-23-37(50-38)36-26-44-39-25-20-30(27-47(36)39)35-28-48(45-40(35)29-18-21-34(43)22-19-29)42(31-12-6-3-7-13-31,32-14-8-4-9-15-32)33-16-10-5-11-17-33/h3-28H,1-2H3. The third kappa shape index (κ3) is 5.30. The quantitative estimate of drug-likeness (QED) is 0.151. The molecule has 0 bridgehead atoms. The second kappa shape index (κ2) is 12.7. The number of thiophene rings is 1. The number of amides is 1. The molecular formula is C42H32FN5OS. The van der Waals surface area contributed by atoms with Crippen molar-refractivity contribution < 1.29 is 9.18 Å². The predicted octanol–water partition coefficient (Wildman–Crippen LogP) is 9.27. The molecule has 8 aromatic rings. The lowest BCUT2D eigenvalue weighted by atomic mass is 9.77. The van der Waals surface area contributed by atoms with Gasteiger partial charge in [-0.15, -0.1) is 11.3 Å². The number of benzene rings is 4. The van der Waals surface area contributed by atoms with Crippen molar-refractivity contribution in [2.45, 2.75) is 5.54 Å². The van der Waals surface area contributed by atoms with Gasteiger partial charge in [0.1, 0.15) is 22.7 Å². The molecule has 0 aliphatic rings. The van der Waals surface area contributed by atoms with Crippen LogP contribution in [0.15, 0.2) is 158 Å². The molecule has 6 nitrogen and oxygen atoms in total. The summed E-state index contributed by atoms with van der Waals surface area (Å²) in [6.45, 7) is 0. The van der Waals surface area contributed by atoms with Crippen LogP contribution in [-0.2, 0) is 5.54 Å². The molecule has 4 aromatic heterocycles. The minimum absolute atomic E-state index is 0.0363. The van der Waals surface area contributed by atoms with Gasteiger partial charge in [-0.1, -0.05) is 91.0 Å². The number of imidazole rings is 1. The monoisotopic (exact) mass is 673 g/mol. The highest BCUT2D eigenvalue weighted by Crippen LogP contribution is 2.43. The second-order valence-corrected chi connectivity index (χ2v) is 13.4. The third-order valence-corrected chi connectivity index (χ3v) is 10.1. The Morgan fingerprint density at radius 1 is 0.700 bits per heavy atom. The highest BCUT2D eigenvalue weighted by Gasteiger charge is 2.40. The third-order valence-electron chi connectivity index (χ3n) is 9.04.